The van der Waals surface area contributed by atoms with Crippen molar-refractivity contribution in [1.29, 1.82) is 0 Å². The highest BCUT2D eigenvalue weighted by Crippen LogP contribution is 2.17. The molecule has 132 valence electrons. The Kier molecular flexibility index (Phi) is 5.64. The largest absolute Gasteiger partial charge is 0.461 e. The van der Waals surface area contributed by atoms with E-state index in [1.165, 1.54) is 0 Å². The highest BCUT2D eigenvalue weighted by molar-refractivity contribution is 5.93. The van der Waals surface area contributed by atoms with E-state index in [0.29, 0.717) is 0 Å². The number of rotatable bonds is 6. The average Bonchev–Trinajstić information content (AvgIpc) is 2.66. The Morgan fingerprint density at radius 1 is 0.885 bits per heavy atom. The molecule has 0 aliphatic rings. The predicted molar refractivity (Wildman–Crippen MR) is 103 cm³/mol. The fourth-order valence-corrected chi connectivity index (χ4v) is 2.71. The van der Waals surface area contributed by atoms with Crippen molar-refractivity contribution in [2.24, 2.45) is 0 Å². The third kappa shape index (κ3) is 4.70. The van der Waals surface area contributed by atoms with Crippen LogP contribution in [-0.4, -0.2) is 11.9 Å². The normalized spacial score (nSPS) is 10.5. The summed E-state index contributed by atoms with van der Waals surface area (Å²) in [7, 11) is 0. The number of hydrogen-bond donors (Lipinski definition) is 1. The second-order valence-electron chi connectivity index (χ2n) is 6.21. The van der Waals surface area contributed by atoms with Gasteiger partial charge in [0.2, 0.25) is 5.91 Å². The minimum atomic E-state index is -0.377. The van der Waals surface area contributed by atoms with Crippen LogP contribution in [-0.2, 0) is 20.9 Å². The molecule has 0 radical (unpaired) electrons. The number of anilines is 1. The summed E-state index contributed by atoms with van der Waals surface area (Å²) in [5.74, 6) is -0.569. The van der Waals surface area contributed by atoms with E-state index in [2.05, 4.69) is 5.32 Å². The lowest BCUT2D eigenvalue weighted by Crippen LogP contribution is -2.15. The monoisotopic (exact) mass is 347 g/mol. The molecule has 0 aliphatic carbocycles. The Hall–Kier alpha value is -3.14. The summed E-state index contributed by atoms with van der Waals surface area (Å²) in [6.45, 7) is 2.14. The van der Waals surface area contributed by atoms with Gasteiger partial charge in [-0.05, 0) is 41.0 Å². The smallest absolute Gasteiger partial charge is 0.306 e. The fraction of sp³-hybridized carbons (Fsp3) is 0.182. The van der Waals surface area contributed by atoms with E-state index in [1.807, 2.05) is 73.7 Å². The van der Waals surface area contributed by atoms with Crippen LogP contribution in [0.2, 0.25) is 0 Å². The van der Waals surface area contributed by atoms with Crippen molar-refractivity contribution in [1.82, 2.24) is 0 Å². The summed E-state index contributed by atoms with van der Waals surface area (Å²) in [4.78, 5) is 23.9. The molecular weight excluding hydrogens is 326 g/mol. The molecule has 0 aliphatic heterocycles. The van der Waals surface area contributed by atoms with Gasteiger partial charge in [-0.25, -0.2) is 0 Å². The lowest BCUT2D eigenvalue weighted by atomic mass is 10.1. The van der Waals surface area contributed by atoms with E-state index in [1.54, 1.807) is 0 Å². The van der Waals surface area contributed by atoms with Crippen LogP contribution in [0.25, 0.3) is 10.8 Å². The van der Waals surface area contributed by atoms with Crippen molar-refractivity contribution >= 4 is 28.3 Å². The maximum Gasteiger partial charge on any atom is 0.306 e. The highest BCUT2D eigenvalue weighted by atomic mass is 16.5. The molecule has 0 unspecified atom stereocenters. The van der Waals surface area contributed by atoms with E-state index in [-0.39, 0.29) is 31.3 Å². The molecule has 4 nitrogen and oxygen atoms in total. The second-order valence-corrected chi connectivity index (χ2v) is 6.21. The van der Waals surface area contributed by atoms with E-state index >= 15 is 0 Å². The zero-order chi connectivity index (χ0) is 18.4. The molecule has 26 heavy (non-hydrogen) atoms. The van der Waals surface area contributed by atoms with Crippen molar-refractivity contribution in [3.05, 3.63) is 77.9 Å². The molecule has 4 heteroatoms. The van der Waals surface area contributed by atoms with Crippen molar-refractivity contribution in [3.8, 4) is 0 Å². The molecule has 3 aromatic rings. The first-order valence-corrected chi connectivity index (χ1v) is 8.60. The van der Waals surface area contributed by atoms with Gasteiger partial charge >= 0.3 is 5.97 Å². The van der Waals surface area contributed by atoms with Crippen molar-refractivity contribution in [2.75, 3.05) is 5.32 Å². The summed E-state index contributed by atoms with van der Waals surface area (Å²) in [5.41, 5.74) is 2.68. The summed E-state index contributed by atoms with van der Waals surface area (Å²) in [6.07, 6.45) is 0.163. The van der Waals surface area contributed by atoms with Crippen molar-refractivity contribution in [3.63, 3.8) is 0 Å². The average molecular weight is 347 g/mol. The molecule has 0 saturated carbocycles. The standard InChI is InChI=1S/C22H21NO3/c1-16-6-2-5-9-20(16)23-21(24)12-13-22(25)26-15-17-10-11-18-7-3-4-8-19(18)14-17/h2-11,14H,12-13,15H2,1H3,(H,23,24). The Bertz CT molecular complexity index is 933. The van der Waals surface area contributed by atoms with Crippen LogP contribution >= 0.6 is 0 Å². The number of carbonyl (C=O) groups is 2. The third-order valence-electron chi connectivity index (χ3n) is 4.19. The van der Waals surface area contributed by atoms with Crippen LogP contribution in [0.4, 0.5) is 5.69 Å². The topological polar surface area (TPSA) is 55.4 Å². The zero-order valence-corrected chi connectivity index (χ0v) is 14.7. The fourth-order valence-electron chi connectivity index (χ4n) is 2.71. The van der Waals surface area contributed by atoms with Crippen LogP contribution in [0, 0.1) is 6.92 Å². The van der Waals surface area contributed by atoms with Gasteiger partial charge in [0.05, 0.1) is 6.42 Å². The van der Waals surface area contributed by atoms with Gasteiger partial charge in [0.25, 0.3) is 0 Å². The van der Waals surface area contributed by atoms with E-state index in [4.69, 9.17) is 4.74 Å². The summed E-state index contributed by atoms with van der Waals surface area (Å²) in [6, 6.07) is 21.5. The first-order chi connectivity index (χ1) is 12.6. The van der Waals surface area contributed by atoms with Gasteiger partial charge in [-0.2, -0.15) is 0 Å². The maximum absolute atomic E-state index is 12.0. The molecule has 0 atom stereocenters. The number of benzene rings is 3. The molecular formula is C22H21NO3. The van der Waals surface area contributed by atoms with Gasteiger partial charge < -0.3 is 10.1 Å². The number of fused-ring (bicyclic) bond motifs is 1. The minimum absolute atomic E-state index is 0.0608. The number of esters is 1. The molecule has 0 heterocycles. The van der Waals surface area contributed by atoms with Gasteiger partial charge in [-0.1, -0.05) is 54.6 Å². The quantitative estimate of drug-likeness (QED) is 0.663. The van der Waals surface area contributed by atoms with Crippen LogP contribution in [0.15, 0.2) is 66.7 Å². The maximum atomic E-state index is 12.0. The lowest BCUT2D eigenvalue weighted by Gasteiger charge is -2.08. The number of carbonyl (C=O) groups excluding carboxylic acids is 2. The predicted octanol–water partition coefficient (Wildman–Crippen LogP) is 4.61. The number of nitrogens with one attached hydrogen (secondary N) is 1. The van der Waals surface area contributed by atoms with Crippen LogP contribution in [0.3, 0.4) is 0 Å². The molecule has 3 aromatic carbocycles. The van der Waals surface area contributed by atoms with Crippen LogP contribution in [0.5, 0.6) is 0 Å². The van der Waals surface area contributed by atoms with Crippen molar-refractivity contribution in [2.45, 2.75) is 26.4 Å². The molecule has 0 bridgehead atoms. The van der Waals surface area contributed by atoms with E-state index in [0.717, 1.165) is 27.6 Å². The number of ether oxygens (including phenoxy) is 1. The third-order valence-corrected chi connectivity index (χ3v) is 4.19. The molecule has 0 spiro atoms. The Morgan fingerprint density at radius 3 is 2.42 bits per heavy atom. The Labute approximate surface area is 152 Å². The van der Waals surface area contributed by atoms with Crippen LogP contribution in [0.1, 0.15) is 24.0 Å². The summed E-state index contributed by atoms with van der Waals surface area (Å²) < 4.78 is 5.28. The zero-order valence-electron chi connectivity index (χ0n) is 14.7. The van der Waals surface area contributed by atoms with Crippen molar-refractivity contribution < 1.29 is 14.3 Å². The molecule has 0 saturated heterocycles. The number of amides is 1. The first-order valence-electron chi connectivity index (χ1n) is 8.60. The Balaban J connectivity index is 1.46. The van der Waals surface area contributed by atoms with E-state index in [9.17, 15) is 9.59 Å². The van der Waals surface area contributed by atoms with Crippen LogP contribution < -0.4 is 5.32 Å². The van der Waals surface area contributed by atoms with E-state index < -0.39 is 0 Å². The number of aryl methyl sites for hydroxylation is 1. The highest BCUT2D eigenvalue weighted by Gasteiger charge is 2.09. The van der Waals surface area contributed by atoms with Gasteiger partial charge in [-0.3, -0.25) is 9.59 Å². The molecule has 1 amide bonds. The summed E-state index contributed by atoms with van der Waals surface area (Å²) >= 11 is 0. The molecule has 0 aromatic heterocycles. The Morgan fingerprint density at radius 2 is 1.62 bits per heavy atom. The van der Waals surface area contributed by atoms with Gasteiger partial charge in [-0.15, -0.1) is 0 Å². The molecule has 1 N–H and O–H groups in total. The lowest BCUT2D eigenvalue weighted by molar-refractivity contribution is -0.145. The van der Waals surface area contributed by atoms with Gasteiger partial charge in [0, 0.05) is 12.1 Å². The van der Waals surface area contributed by atoms with Gasteiger partial charge in [0.1, 0.15) is 6.61 Å². The SMILES string of the molecule is Cc1ccccc1NC(=O)CCC(=O)OCc1ccc2ccccc2c1. The number of hydrogen-bond acceptors (Lipinski definition) is 3. The minimum Gasteiger partial charge on any atom is -0.461 e. The second kappa shape index (κ2) is 8.30. The molecule has 0 fully saturated rings. The summed E-state index contributed by atoms with van der Waals surface area (Å²) in [5, 5.41) is 5.07. The first kappa shape index (κ1) is 17.7. The number of para-hydroxylation sites is 1. The molecule has 3 rings (SSSR count). The van der Waals surface area contributed by atoms with Gasteiger partial charge in [0.15, 0.2) is 0 Å².